The SMILES string of the molecule is O=C(NC12CC3CC(CC(C3)C1)C2)N1CCCCCC1. The van der Waals surface area contributed by atoms with Crippen molar-refractivity contribution in [3.8, 4) is 0 Å². The van der Waals surface area contributed by atoms with Gasteiger partial charge in [0.2, 0.25) is 0 Å². The summed E-state index contributed by atoms with van der Waals surface area (Å²) < 4.78 is 0. The molecule has 0 spiro atoms. The minimum Gasteiger partial charge on any atom is -0.333 e. The highest BCUT2D eigenvalue weighted by molar-refractivity contribution is 5.75. The van der Waals surface area contributed by atoms with Crippen LogP contribution in [0.4, 0.5) is 4.79 Å². The van der Waals surface area contributed by atoms with Gasteiger partial charge < -0.3 is 10.2 Å². The Balaban J connectivity index is 1.44. The molecule has 0 radical (unpaired) electrons. The van der Waals surface area contributed by atoms with Crippen LogP contribution < -0.4 is 5.32 Å². The van der Waals surface area contributed by atoms with E-state index in [2.05, 4.69) is 10.2 Å². The Morgan fingerprint density at radius 1 is 0.850 bits per heavy atom. The third-order valence-electron chi connectivity index (χ3n) is 6.30. The number of carbonyl (C=O) groups is 1. The van der Waals surface area contributed by atoms with E-state index in [1.54, 1.807) is 0 Å². The van der Waals surface area contributed by atoms with Gasteiger partial charge in [0.25, 0.3) is 0 Å². The molecule has 1 N–H and O–H groups in total. The third kappa shape index (κ3) is 2.33. The average Bonchev–Trinajstić information content (AvgIpc) is 2.65. The van der Waals surface area contributed by atoms with E-state index in [1.165, 1.54) is 64.2 Å². The van der Waals surface area contributed by atoms with Crippen LogP contribution >= 0.6 is 0 Å². The Kier molecular flexibility index (Phi) is 3.19. The van der Waals surface area contributed by atoms with Crippen LogP contribution in [-0.2, 0) is 0 Å². The summed E-state index contributed by atoms with van der Waals surface area (Å²) in [6.07, 6.45) is 13.1. The molecule has 0 aromatic heterocycles. The molecule has 0 aromatic rings. The van der Waals surface area contributed by atoms with E-state index in [0.29, 0.717) is 0 Å². The highest BCUT2D eigenvalue weighted by Gasteiger charge is 2.51. The predicted molar refractivity (Wildman–Crippen MR) is 79.5 cm³/mol. The molecular formula is C17H28N2O. The number of likely N-dealkylation sites (tertiary alicyclic amines) is 1. The largest absolute Gasteiger partial charge is 0.333 e. The summed E-state index contributed by atoms with van der Waals surface area (Å²) in [6.45, 7) is 1.94. The predicted octanol–water partition coefficient (Wildman–Crippen LogP) is 3.54. The number of carbonyl (C=O) groups excluding carboxylic acids is 1. The monoisotopic (exact) mass is 276 g/mol. The Morgan fingerprint density at radius 3 is 1.85 bits per heavy atom. The highest BCUT2D eigenvalue weighted by Crippen LogP contribution is 2.55. The van der Waals surface area contributed by atoms with Gasteiger partial charge in [0.05, 0.1) is 0 Å². The smallest absolute Gasteiger partial charge is 0.317 e. The first kappa shape index (κ1) is 13.0. The summed E-state index contributed by atoms with van der Waals surface area (Å²) in [5, 5.41) is 3.51. The molecule has 20 heavy (non-hydrogen) atoms. The van der Waals surface area contributed by atoms with Crippen LogP contribution in [-0.4, -0.2) is 29.6 Å². The molecule has 1 aliphatic heterocycles. The summed E-state index contributed by atoms with van der Waals surface area (Å²) >= 11 is 0. The summed E-state index contributed by atoms with van der Waals surface area (Å²) in [4.78, 5) is 14.7. The van der Waals surface area contributed by atoms with Crippen molar-refractivity contribution in [2.24, 2.45) is 17.8 Å². The quantitative estimate of drug-likeness (QED) is 0.780. The second-order valence-electron chi connectivity index (χ2n) is 8.03. The Bertz CT molecular complexity index is 349. The Hall–Kier alpha value is -0.730. The van der Waals surface area contributed by atoms with Crippen molar-refractivity contribution in [2.75, 3.05) is 13.1 Å². The third-order valence-corrected chi connectivity index (χ3v) is 6.30. The second-order valence-corrected chi connectivity index (χ2v) is 8.03. The first-order valence-corrected chi connectivity index (χ1v) is 8.80. The van der Waals surface area contributed by atoms with Gasteiger partial charge in [0.1, 0.15) is 0 Å². The topological polar surface area (TPSA) is 32.3 Å². The zero-order valence-corrected chi connectivity index (χ0v) is 12.6. The average molecular weight is 276 g/mol. The van der Waals surface area contributed by atoms with Crippen LogP contribution in [0.5, 0.6) is 0 Å². The van der Waals surface area contributed by atoms with Gasteiger partial charge in [-0.15, -0.1) is 0 Å². The molecule has 5 aliphatic rings. The van der Waals surface area contributed by atoms with Gasteiger partial charge in [-0.05, 0) is 69.1 Å². The van der Waals surface area contributed by atoms with E-state index < -0.39 is 0 Å². The van der Waals surface area contributed by atoms with Crippen molar-refractivity contribution in [3.05, 3.63) is 0 Å². The van der Waals surface area contributed by atoms with Crippen molar-refractivity contribution < 1.29 is 4.79 Å². The first-order valence-electron chi connectivity index (χ1n) is 8.80. The number of hydrogen-bond acceptors (Lipinski definition) is 1. The molecular weight excluding hydrogens is 248 g/mol. The lowest BCUT2D eigenvalue weighted by Gasteiger charge is -2.57. The minimum absolute atomic E-state index is 0.179. The molecule has 5 rings (SSSR count). The molecule has 1 heterocycles. The molecule has 2 amide bonds. The van der Waals surface area contributed by atoms with Crippen molar-refractivity contribution in [3.63, 3.8) is 0 Å². The lowest BCUT2D eigenvalue weighted by atomic mass is 9.53. The van der Waals surface area contributed by atoms with E-state index in [9.17, 15) is 4.79 Å². The fourth-order valence-corrected chi connectivity index (χ4v) is 5.84. The normalized spacial score (nSPS) is 43.4. The zero-order chi connectivity index (χ0) is 13.6. The maximum atomic E-state index is 12.7. The van der Waals surface area contributed by atoms with E-state index in [1.807, 2.05) is 0 Å². The van der Waals surface area contributed by atoms with Gasteiger partial charge >= 0.3 is 6.03 Å². The molecule has 3 heteroatoms. The van der Waals surface area contributed by atoms with Crippen molar-refractivity contribution in [1.29, 1.82) is 0 Å². The van der Waals surface area contributed by atoms with Crippen LogP contribution in [0.2, 0.25) is 0 Å². The molecule has 4 bridgehead atoms. The fourth-order valence-electron chi connectivity index (χ4n) is 5.84. The van der Waals surface area contributed by atoms with Gasteiger partial charge in [0, 0.05) is 18.6 Å². The Labute approximate surface area is 122 Å². The molecule has 112 valence electrons. The first-order chi connectivity index (χ1) is 9.72. The number of rotatable bonds is 1. The summed E-state index contributed by atoms with van der Waals surface area (Å²) in [5.74, 6) is 2.72. The van der Waals surface area contributed by atoms with Crippen molar-refractivity contribution in [1.82, 2.24) is 10.2 Å². The summed E-state index contributed by atoms with van der Waals surface area (Å²) in [5.41, 5.74) is 0.179. The van der Waals surface area contributed by atoms with Crippen LogP contribution in [0.25, 0.3) is 0 Å². The zero-order valence-electron chi connectivity index (χ0n) is 12.6. The second kappa shape index (κ2) is 4.92. The molecule has 0 atom stereocenters. The van der Waals surface area contributed by atoms with Crippen LogP contribution in [0.1, 0.15) is 64.2 Å². The van der Waals surface area contributed by atoms with Gasteiger partial charge in [-0.25, -0.2) is 4.79 Å². The molecule has 1 saturated heterocycles. The standard InChI is InChI=1S/C17H28N2O/c20-16(19-5-3-1-2-4-6-19)18-17-10-13-7-14(11-17)9-15(8-13)12-17/h13-15H,1-12H2,(H,18,20). The van der Waals surface area contributed by atoms with Gasteiger partial charge in [-0.2, -0.15) is 0 Å². The Morgan fingerprint density at radius 2 is 1.35 bits per heavy atom. The number of nitrogens with zero attached hydrogens (tertiary/aromatic N) is 1. The maximum Gasteiger partial charge on any atom is 0.317 e. The molecule has 3 nitrogen and oxygen atoms in total. The maximum absolute atomic E-state index is 12.7. The fraction of sp³-hybridized carbons (Fsp3) is 0.941. The van der Waals surface area contributed by atoms with Gasteiger partial charge in [0.15, 0.2) is 0 Å². The van der Waals surface area contributed by atoms with Gasteiger partial charge in [-0.1, -0.05) is 12.8 Å². The minimum atomic E-state index is 0.179. The van der Waals surface area contributed by atoms with Crippen LogP contribution in [0.3, 0.4) is 0 Å². The summed E-state index contributed by atoms with van der Waals surface area (Å²) in [6, 6.07) is 0.244. The van der Waals surface area contributed by atoms with E-state index in [4.69, 9.17) is 0 Å². The molecule has 5 fully saturated rings. The number of nitrogens with one attached hydrogen (secondary N) is 1. The molecule has 0 unspecified atom stereocenters. The van der Waals surface area contributed by atoms with Gasteiger partial charge in [-0.3, -0.25) is 0 Å². The number of hydrogen-bond donors (Lipinski definition) is 1. The van der Waals surface area contributed by atoms with E-state index in [-0.39, 0.29) is 11.6 Å². The molecule has 4 saturated carbocycles. The lowest BCUT2D eigenvalue weighted by molar-refractivity contribution is -0.0156. The van der Waals surface area contributed by atoms with E-state index in [0.717, 1.165) is 30.8 Å². The van der Waals surface area contributed by atoms with Crippen molar-refractivity contribution in [2.45, 2.75) is 69.7 Å². The number of urea groups is 1. The molecule has 4 aliphatic carbocycles. The molecule has 0 aromatic carbocycles. The van der Waals surface area contributed by atoms with Crippen LogP contribution in [0, 0.1) is 17.8 Å². The van der Waals surface area contributed by atoms with E-state index >= 15 is 0 Å². The highest BCUT2D eigenvalue weighted by atomic mass is 16.2. The van der Waals surface area contributed by atoms with Crippen LogP contribution in [0.15, 0.2) is 0 Å². The van der Waals surface area contributed by atoms with Crippen molar-refractivity contribution >= 4 is 6.03 Å². The summed E-state index contributed by atoms with van der Waals surface area (Å²) in [7, 11) is 0. The lowest BCUT2D eigenvalue weighted by Crippen LogP contribution is -2.61. The number of amides is 2.